The summed E-state index contributed by atoms with van der Waals surface area (Å²) < 4.78 is 5.53. The largest absolute Gasteiger partial charge is 0.504 e. The van der Waals surface area contributed by atoms with E-state index in [1.807, 2.05) is 38.1 Å². The van der Waals surface area contributed by atoms with Gasteiger partial charge in [0.25, 0.3) is 0 Å². The fourth-order valence-electron chi connectivity index (χ4n) is 2.92. The first-order chi connectivity index (χ1) is 13.0. The zero-order valence-electron chi connectivity index (χ0n) is 15.4. The lowest BCUT2D eigenvalue weighted by molar-refractivity contribution is 0.317. The Kier molecular flexibility index (Phi) is 5.28. The van der Waals surface area contributed by atoms with E-state index in [2.05, 4.69) is 22.6 Å². The number of hydrogen-bond acceptors (Lipinski definition) is 4. The van der Waals surface area contributed by atoms with Gasteiger partial charge in [-0.1, -0.05) is 12.1 Å². The molecule has 0 fully saturated rings. The van der Waals surface area contributed by atoms with Crippen LogP contribution in [0.4, 0.5) is 0 Å². The van der Waals surface area contributed by atoms with Crippen LogP contribution in [0.3, 0.4) is 0 Å². The zero-order chi connectivity index (χ0) is 19.4. The molecule has 5 nitrogen and oxygen atoms in total. The first-order valence-electron chi connectivity index (χ1n) is 8.73. The molecular weight excluding hydrogens is 338 g/mol. The number of benzene rings is 2. The fourth-order valence-corrected chi connectivity index (χ4v) is 2.92. The quantitative estimate of drug-likeness (QED) is 0.491. The van der Waals surface area contributed by atoms with Gasteiger partial charge in [0.05, 0.1) is 23.2 Å². The summed E-state index contributed by atoms with van der Waals surface area (Å²) in [4.78, 5) is 7.71. The van der Waals surface area contributed by atoms with Crippen molar-refractivity contribution < 1.29 is 9.84 Å². The normalized spacial score (nSPS) is 11.4. The van der Waals surface area contributed by atoms with Crippen LogP contribution in [0.1, 0.15) is 29.4 Å². The molecule has 2 N–H and O–H groups in total. The summed E-state index contributed by atoms with van der Waals surface area (Å²) >= 11 is 0. The topological polar surface area (TPSA) is 81.9 Å². The van der Waals surface area contributed by atoms with Crippen LogP contribution in [0, 0.1) is 18.3 Å². The van der Waals surface area contributed by atoms with E-state index in [1.54, 1.807) is 18.2 Å². The number of phenols is 1. The number of rotatable bonds is 6. The van der Waals surface area contributed by atoms with Crippen LogP contribution in [0.15, 0.2) is 43.0 Å². The molecule has 1 heterocycles. The number of nitrogens with zero attached hydrogens (tertiary/aromatic N) is 2. The smallest absolute Gasteiger partial charge is 0.161 e. The highest BCUT2D eigenvalue weighted by Gasteiger charge is 2.12. The molecule has 3 aromatic rings. The first kappa shape index (κ1) is 18.3. The number of imidazole rings is 1. The maximum atomic E-state index is 10.3. The third-order valence-corrected chi connectivity index (χ3v) is 4.16. The minimum absolute atomic E-state index is 0.103. The fraction of sp³-hybridized carbons (Fsp3) is 0.182. The van der Waals surface area contributed by atoms with Crippen molar-refractivity contribution in [2.24, 2.45) is 0 Å². The highest BCUT2D eigenvalue weighted by Crippen LogP contribution is 2.33. The molecule has 0 aliphatic rings. The number of ether oxygens (including phenoxy) is 1. The van der Waals surface area contributed by atoms with E-state index < -0.39 is 0 Å². The average Bonchev–Trinajstić information content (AvgIpc) is 3.06. The summed E-state index contributed by atoms with van der Waals surface area (Å²) in [6.07, 6.45) is 3.95. The molecule has 0 amide bonds. The van der Waals surface area contributed by atoms with Crippen molar-refractivity contribution >= 4 is 22.7 Å². The van der Waals surface area contributed by atoms with Crippen LogP contribution in [-0.4, -0.2) is 21.7 Å². The molecular formula is C22H21N3O2. The molecule has 0 aliphatic carbocycles. The van der Waals surface area contributed by atoms with Crippen molar-refractivity contribution in [3.8, 4) is 17.6 Å². The number of aryl methyl sites for hydroxylation is 1. The SMILES string of the molecule is C=CCc1cc(C=C(C#N)c2nc3ccc(C)cc3[nH]2)cc(OCC)c1O. The number of allylic oxidation sites excluding steroid dienone is 2. The van der Waals surface area contributed by atoms with Crippen molar-refractivity contribution in [2.75, 3.05) is 6.61 Å². The second-order valence-corrected chi connectivity index (χ2v) is 6.23. The van der Waals surface area contributed by atoms with Gasteiger partial charge in [-0.15, -0.1) is 6.58 Å². The first-order valence-corrected chi connectivity index (χ1v) is 8.73. The van der Waals surface area contributed by atoms with Gasteiger partial charge in [-0.3, -0.25) is 0 Å². The summed E-state index contributed by atoms with van der Waals surface area (Å²) in [6, 6.07) is 11.7. The predicted octanol–water partition coefficient (Wildman–Crippen LogP) is 4.77. The molecule has 0 radical (unpaired) electrons. The van der Waals surface area contributed by atoms with Crippen molar-refractivity contribution in [1.29, 1.82) is 5.26 Å². The van der Waals surface area contributed by atoms with Gasteiger partial charge in [-0.25, -0.2) is 4.98 Å². The lowest BCUT2D eigenvalue weighted by Crippen LogP contribution is -1.95. The van der Waals surface area contributed by atoms with E-state index in [1.165, 1.54) is 0 Å². The summed E-state index contributed by atoms with van der Waals surface area (Å²) in [7, 11) is 0. The van der Waals surface area contributed by atoms with E-state index in [4.69, 9.17) is 4.74 Å². The number of aromatic nitrogens is 2. The molecule has 0 saturated carbocycles. The summed E-state index contributed by atoms with van der Waals surface area (Å²) in [5, 5.41) is 20.0. The molecule has 3 rings (SSSR count). The van der Waals surface area contributed by atoms with Gasteiger partial charge in [0, 0.05) is 5.56 Å². The second-order valence-electron chi connectivity index (χ2n) is 6.23. The van der Waals surface area contributed by atoms with Crippen LogP contribution in [0.25, 0.3) is 22.7 Å². The van der Waals surface area contributed by atoms with Crippen molar-refractivity contribution in [3.05, 3.63) is 65.5 Å². The van der Waals surface area contributed by atoms with Crippen LogP contribution >= 0.6 is 0 Å². The molecule has 0 spiro atoms. The Morgan fingerprint density at radius 1 is 1.37 bits per heavy atom. The van der Waals surface area contributed by atoms with Gasteiger partial charge < -0.3 is 14.8 Å². The van der Waals surface area contributed by atoms with Gasteiger partial charge >= 0.3 is 0 Å². The number of H-pyrrole nitrogens is 1. The maximum absolute atomic E-state index is 10.3. The molecule has 0 saturated heterocycles. The second kappa shape index (κ2) is 7.79. The molecule has 1 aromatic heterocycles. The Balaban J connectivity index is 2.08. The third-order valence-electron chi connectivity index (χ3n) is 4.16. The Morgan fingerprint density at radius 3 is 2.89 bits per heavy atom. The molecule has 5 heteroatoms. The number of hydrogen-bond donors (Lipinski definition) is 2. The minimum atomic E-state index is 0.103. The van der Waals surface area contributed by atoms with Gasteiger partial charge in [0.2, 0.25) is 0 Å². The Hall–Kier alpha value is -3.52. The van der Waals surface area contributed by atoms with E-state index in [0.717, 1.165) is 22.2 Å². The molecule has 0 aliphatic heterocycles. The van der Waals surface area contributed by atoms with Crippen LogP contribution < -0.4 is 4.74 Å². The average molecular weight is 359 g/mol. The van der Waals surface area contributed by atoms with E-state index >= 15 is 0 Å². The van der Waals surface area contributed by atoms with Crippen LogP contribution in [0.5, 0.6) is 11.5 Å². The molecule has 0 unspecified atom stereocenters. The highest BCUT2D eigenvalue weighted by atomic mass is 16.5. The molecule has 136 valence electrons. The zero-order valence-corrected chi connectivity index (χ0v) is 15.4. The minimum Gasteiger partial charge on any atom is -0.504 e. The van der Waals surface area contributed by atoms with Gasteiger partial charge in [0.15, 0.2) is 11.5 Å². The molecule has 0 bridgehead atoms. The maximum Gasteiger partial charge on any atom is 0.161 e. The Labute approximate surface area is 158 Å². The summed E-state index contributed by atoms with van der Waals surface area (Å²) in [5.41, 5.74) is 4.67. The molecule has 2 aromatic carbocycles. The number of aromatic hydroxyl groups is 1. The standard InChI is InChI=1S/C22H21N3O2/c1-4-6-16-10-15(12-20(21(16)26)27-5-2)11-17(13-23)22-24-18-8-7-14(3)9-19(18)25-22/h4,7-12,26H,1,5-6H2,2-3H3,(H,24,25). The number of fused-ring (bicyclic) bond motifs is 1. The third kappa shape index (κ3) is 3.85. The lowest BCUT2D eigenvalue weighted by atomic mass is 10.0. The van der Waals surface area contributed by atoms with E-state index in [-0.39, 0.29) is 5.75 Å². The summed E-state index contributed by atoms with van der Waals surface area (Å²) in [6.45, 7) is 8.02. The summed E-state index contributed by atoms with van der Waals surface area (Å²) in [5.74, 6) is 1.00. The monoisotopic (exact) mass is 359 g/mol. The highest BCUT2D eigenvalue weighted by molar-refractivity contribution is 5.90. The molecule has 0 atom stereocenters. The number of nitrogens with one attached hydrogen (secondary N) is 1. The van der Waals surface area contributed by atoms with E-state index in [0.29, 0.717) is 35.7 Å². The van der Waals surface area contributed by atoms with Crippen molar-refractivity contribution in [3.63, 3.8) is 0 Å². The Morgan fingerprint density at radius 2 is 2.19 bits per heavy atom. The number of aromatic amines is 1. The van der Waals surface area contributed by atoms with Crippen molar-refractivity contribution in [1.82, 2.24) is 9.97 Å². The number of phenolic OH excluding ortho intramolecular Hbond substituents is 1. The Bertz CT molecular complexity index is 1070. The van der Waals surface area contributed by atoms with Crippen LogP contribution in [-0.2, 0) is 6.42 Å². The number of nitriles is 1. The van der Waals surface area contributed by atoms with Gasteiger partial charge in [-0.05, 0) is 61.7 Å². The van der Waals surface area contributed by atoms with Crippen LogP contribution in [0.2, 0.25) is 0 Å². The predicted molar refractivity (Wildman–Crippen MR) is 107 cm³/mol. The molecule has 27 heavy (non-hydrogen) atoms. The van der Waals surface area contributed by atoms with E-state index in [9.17, 15) is 10.4 Å². The van der Waals surface area contributed by atoms with Crippen molar-refractivity contribution in [2.45, 2.75) is 20.3 Å². The van der Waals surface area contributed by atoms with Gasteiger partial charge in [0.1, 0.15) is 11.9 Å². The lowest BCUT2D eigenvalue weighted by Gasteiger charge is -2.11. The van der Waals surface area contributed by atoms with Gasteiger partial charge in [-0.2, -0.15) is 5.26 Å².